The highest BCUT2D eigenvalue weighted by Gasteiger charge is 2.16. The molecule has 0 atom stereocenters. The normalized spacial score (nSPS) is 10.9. The summed E-state index contributed by atoms with van der Waals surface area (Å²) in [7, 11) is 1.46. The molecule has 8 heteroatoms. The van der Waals surface area contributed by atoms with Crippen LogP contribution in [0.5, 0.6) is 0 Å². The molecule has 2 amide bonds. The van der Waals surface area contributed by atoms with Crippen molar-refractivity contribution in [2.75, 3.05) is 25.6 Å². The second-order valence-corrected chi connectivity index (χ2v) is 7.63. The van der Waals surface area contributed by atoms with Gasteiger partial charge >= 0.3 is 0 Å². The number of methoxy groups -OCH3 is 1. The van der Waals surface area contributed by atoms with Crippen LogP contribution in [0.15, 0.2) is 71.6 Å². The minimum absolute atomic E-state index is 0.0841. The third kappa shape index (κ3) is 5.67. The molecular weight excluding hydrogens is 420 g/mol. The Bertz CT molecular complexity index is 1220. The van der Waals surface area contributed by atoms with Gasteiger partial charge in [0.1, 0.15) is 12.4 Å². The van der Waals surface area contributed by atoms with E-state index < -0.39 is 0 Å². The van der Waals surface area contributed by atoms with Crippen molar-refractivity contribution in [3.05, 3.63) is 84.1 Å². The highest BCUT2D eigenvalue weighted by molar-refractivity contribution is 6.05. The van der Waals surface area contributed by atoms with Gasteiger partial charge < -0.3 is 24.4 Å². The molecule has 8 nitrogen and oxygen atoms in total. The van der Waals surface area contributed by atoms with Gasteiger partial charge in [-0.25, -0.2) is 4.98 Å². The molecule has 0 aliphatic heterocycles. The minimum Gasteiger partial charge on any atom is -0.469 e. The van der Waals surface area contributed by atoms with Gasteiger partial charge in [0.05, 0.1) is 29.3 Å². The average Bonchev–Trinajstić information content (AvgIpc) is 3.48. The second kappa shape index (κ2) is 10.6. The summed E-state index contributed by atoms with van der Waals surface area (Å²) in [6.07, 6.45) is 4.74. The van der Waals surface area contributed by atoms with E-state index in [9.17, 15) is 9.59 Å². The number of rotatable bonds is 10. The molecule has 170 valence electrons. The number of anilines is 1. The molecule has 0 bridgehead atoms. The number of imidazole rings is 1. The number of hydrogen-bond acceptors (Lipinski definition) is 5. The van der Waals surface area contributed by atoms with Gasteiger partial charge in [-0.3, -0.25) is 9.59 Å². The molecule has 0 saturated heterocycles. The number of amides is 2. The van der Waals surface area contributed by atoms with Gasteiger partial charge in [-0.1, -0.05) is 30.3 Å². The molecule has 0 aliphatic rings. The van der Waals surface area contributed by atoms with Crippen molar-refractivity contribution >= 4 is 28.5 Å². The summed E-state index contributed by atoms with van der Waals surface area (Å²) < 4.78 is 12.2. The fourth-order valence-corrected chi connectivity index (χ4v) is 3.67. The molecule has 33 heavy (non-hydrogen) atoms. The van der Waals surface area contributed by atoms with E-state index in [1.165, 1.54) is 12.7 Å². The molecule has 0 unspecified atom stereocenters. The molecule has 0 fully saturated rings. The monoisotopic (exact) mass is 446 g/mol. The first-order valence-electron chi connectivity index (χ1n) is 10.8. The van der Waals surface area contributed by atoms with E-state index in [4.69, 9.17) is 9.15 Å². The summed E-state index contributed by atoms with van der Waals surface area (Å²) in [5.41, 5.74) is 3.55. The Morgan fingerprint density at radius 2 is 1.94 bits per heavy atom. The van der Waals surface area contributed by atoms with Gasteiger partial charge in [0.2, 0.25) is 5.91 Å². The van der Waals surface area contributed by atoms with E-state index in [1.807, 2.05) is 34.9 Å². The Kier molecular flexibility index (Phi) is 7.16. The van der Waals surface area contributed by atoms with E-state index in [1.54, 1.807) is 24.7 Å². The molecule has 2 N–H and O–H groups in total. The van der Waals surface area contributed by atoms with Gasteiger partial charge in [0.25, 0.3) is 5.91 Å². The summed E-state index contributed by atoms with van der Waals surface area (Å²) >= 11 is 0. The van der Waals surface area contributed by atoms with Crippen molar-refractivity contribution in [3.63, 3.8) is 0 Å². The van der Waals surface area contributed by atoms with Crippen LogP contribution in [0.1, 0.15) is 21.7 Å². The number of carbonyl (C=O) groups excluding carboxylic acids is 2. The van der Waals surface area contributed by atoms with Crippen LogP contribution in [-0.4, -0.2) is 41.6 Å². The Balaban J connectivity index is 1.56. The number of aryl methyl sites for hydroxylation is 2. The van der Waals surface area contributed by atoms with Crippen molar-refractivity contribution in [3.8, 4) is 0 Å². The number of fused-ring (bicyclic) bond motifs is 1. The molecule has 0 radical (unpaired) electrons. The van der Waals surface area contributed by atoms with Crippen LogP contribution in [0.4, 0.5) is 5.69 Å². The maximum Gasteiger partial charge on any atom is 0.251 e. The second-order valence-electron chi connectivity index (χ2n) is 7.63. The number of carbonyl (C=O) groups is 2. The Hall–Kier alpha value is -3.91. The molecule has 2 aromatic heterocycles. The van der Waals surface area contributed by atoms with Crippen LogP contribution in [0.2, 0.25) is 0 Å². The van der Waals surface area contributed by atoms with E-state index in [0.717, 1.165) is 17.7 Å². The number of benzene rings is 2. The highest BCUT2D eigenvalue weighted by Crippen LogP contribution is 2.26. The van der Waals surface area contributed by atoms with Crippen molar-refractivity contribution in [1.82, 2.24) is 14.9 Å². The molecule has 0 spiro atoms. The predicted octanol–water partition coefficient (Wildman–Crippen LogP) is 3.43. The van der Waals surface area contributed by atoms with Crippen LogP contribution in [0.3, 0.4) is 0 Å². The van der Waals surface area contributed by atoms with Crippen molar-refractivity contribution in [1.29, 1.82) is 0 Å². The lowest BCUT2D eigenvalue weighted by Crippen LogP contribution is -2.26. The van der Waals surface area contributed by atoms with Crippen molar-refractivity contribution < 1.29 is 18.7 Å². The van der Waals surface area contributed by atoms with E-state index >= 15 is 0 Å². The summed E-state index contributed by atoms with van der Waals surface area (Å²) in [5, 5.41) is 5.75. The predicted molar refractivity (Wildman–Crippen MR) is 125 cm³/mol. The SMILES string of the molecule is COCC(=O)Nc1cc(C(=O)NCCc2ccco2)cc2ncn(CCc3ccccc3)c12. The van der Waals surface area contributed by atoms with E-state index in [-0.39, 0.29) is 18.4 Å². The topological polar surface area (TPSA) is 98.4 Å². The molecule has 2 heterocycles. The number of nitrogens with one attached hydrogen (secondary N) is 2. The summed E-state index contributed by atoms with van der Waals surface area (Å²) in [6, 6.07) is 17.3. The molecule has 0 aliphatic carbocycles. The Labute approximate surface area is 191 Å². The molecule has 0 saturated carbocycles. The van der Waals surface area contributed by atoms with Gasteiger partial charge in [0, 0.05) is 32.2 Å². The summed E-state index contributed by atoms with van der Waals surface area (Å²) in [6.45, 7) is 1.03. The maximum atomic E-state index is 12.8. The lowest BCUT2D eigenvalue weighted by molar-refractivity contribution is -0.119. The fraction of sp³-hybridized carbons (Fsp3) is 0.240. The number of furan rings is 1. The quantitative estimate of drug-likeness (QED) is 0.389. The zero-order valence-electron chi connectivity index (χ0n) is 18.4. The van der Waals surface area contributed by atoms with Gasteiger partial charge in [0.15, 0.2) is 0 Å². The number of aromatic nitrogens is 2. The first-order valence-corrected chi connectivity index (χ1v) is 10.8. The minimum atomic E-state index is -0.301. The molecule has 2 aromatic carbocycles. The maximum absolute atomic E-state index is 12.8. The van der Waals surface area contributed by atoms with Crippen molar-refractivity contribution in [2.45, 2.75) is 19.4 Å². The van der Waals surface area contributed by atoms with Crippen LogP contribution < -0.4 is 10.6 Å². The van der Waals surface area contributed by atoms with Crippen molar-refractivity contribution in [2.24, 2.45) is 0 Å². The van der Waals surface area contributed by atoms with Crippen LogP contribution in [0.25, 0.3) is 11.0 Å². The lowest BCUT2D eigenvalue weighted by atomic mass is 10.1. The van der Waals surface area contributed by atoms with Crippen LogP contribution in [-0.2, 0) is 28.9 Å². The molecule has 4 rings (SSSR count). The van der Waals surface area contributed by atoms with Gasteiger partial charge in [-0.05, 0) is 36.2 Å². The van der Waals surface area contributed by atoms with Crippen LogP contribution >= 0.6 is 0 Å². The zero-order chi connectivity index (χ0) is 23.0. The highest BCUT2D eigenvalue weighted by atomic mass is 16.5. The first kappa shape index (κ1) is 22.3. The average molecular weight is 447 g/mol. The first-order chi connectivity index (χ1) is 16.1. The van der Waals surface area contributed by atoms with E-state index in [2.05, 4.69) is 27.8 Å². The smallest absolute Gasteiger partial charge is 0.251 e. The molecule has 4 aromatic rings. The fourth-order valence-electron chi connectivity index (χ4n) is 3.67. The van der Waals surface area contributed by atoms with Crippen LogP contribution in [0, 0.1) is 0 Å². The zero-order valence-corrected chi connectivity index (χ0v) is 18.4. The third-order valence-electron chi connectivity index (χ3n) is 5.25. The standard InChI is InChI=1S/C25H26N4O4/c1-32-16-23(30)28-22-15-19(25(31)26-11-9-20-8-5-13-33-20)14-21-24(22)29(17-27-21)12-10-18-6-3-2-4-7-18/h2-8,13-15,17H,9-12,16H2,1H3,(H,26,31)(H,28,30). The number of nitrogens with zero attached hydrogens (tertiary/aromatic N) is 2. The largest absolute Gasteiger partial charge is 0.469 e. The number of ether oxygens (including phenoxy) is 1. The van der Waals surface area contributed by atoms with Gasteiger partial charge in [-0.2, -0.15) is 0 Å². The number of hydrogen-bond donors (Lipinski definition) is 2. The Morgan fingerprint density at radius 1 is 1.09 bits per heavy atom. The Morgan fingerprint density at radius 3 is 2.70 bits per heavy atom. The van der Waals surface area contributed by atoms with E-state index in [0.29, 0.717) is 36.3 Å². The molecular formula is C25H26N4O4. The third-order valence-corrected chi connectivity index (χ3v) is 5.25. The summed E-state index contributed by atoms with van der Waals surface area (Å²) in [5.74, 6) is 0.255. The lowest BCUT2D eigenvalue weighted by Gasteiger charge is -2.12. The van der Waals surface area contributed by atoms with Gasteiger partial charge in [-0.15, -0.1) is 0 Å². The summed E-state index contributed by atoms with van der Waals surface area (Å²) in [4.78, 5) is 29.6.